The molecule has 3 amide bonds. The SMILES string of the molecule is CON(C)C(=O)C1CCC(CN2C(=O)c3ccc(Cl)cc3CC(=O)[C@H]2Cc2ccccn2)CC1.O=C(O)C1CCC(CN2C(=O)c3ccc(Cl)cc3CC(=O)[C@H]2Cc2ccccn2)CC1. The number of hydroxylamine groups is 2. The van der Waals surface area contributed by atoms with Crippen molar-refractivity contribution in [2.75, 3.05) is 27.2 Å². The zero-order valence-corrected chi connectivity index (χ0v) is 38.3. The number of carbonyl (C=O) groups excluding carboxylic acids is 5. The summed E-state index contributed by atoms with van der Waals surface area (Å²) in [6.45, 7) is 0.918. The van der Waals surface area contributed by atoms with E-state index in [2.05, 4.69) is 9.97 Å². The molecule has 2 aliphatic heterocycles. The Hall–Kier alpha value is -5.50. The van der Waals surface area contributed by atoms with Gasteiger partial charge in [-0.05, 0) is 135 Å². The van der Waals surface area contributed by atoms with Crippen LogP contribution in [0.3, 0.4) is 0 Å². The Labute approximate surface area is 389 Å². The predicted molar refractivity (Wildman–Crippen MR) is 244 cm³/mol. The van der Waals surface area contributed by atoms with Crippen LogP contribution in [0.5, 0.6) is 0 Å². The van der Waals surface area contributed by atoms with Gasteiger partial charge in [-0.25, -0.2) is 5.06 Å². The largest absolute Gasteiger partial charge is 0.481 e. The van der Waals surface area contributed by atoms with Crippen LogP contribution in [-0.2, 0) is 49.7 Å². The first-order valence-corrected chi connectivity index (χ1v) is 23.1. The number of halogens is 2. The molecule has 15 heteroatoms. The first kappa shape index (κ1) is 47.5. The molecule has 65 heavy (non-hydrogen) atoms. The molecule has 2 saturated carbocycles. The summed E-state index contributed by atoms with van der Waals surface area (Å²) in [6.07, 6.45) is 10.2. The van der Waals surface area contributed by atoms with Gasteiger partial charge < -0.3 is 14.9 Å². The lowest BCUT2D eigenvalue weighted by Gasteiger charge is -2.36. The number of carboxylic acids is 1. The van der Waals surface area contributed by atoms with Gasteiger partial charge in [-0.3, -0.25) is 43.6 Å². The number of amides is 3. The predicted octanol–water partition coefficient (Wildman–Crippen LogP) is 7.54. The van der Waals surface area contributed by atoms with Gasteiger partial charge in [-0.15, -0.1) is 0 Å². The number of carbonyl (C=O) groups is 6. The van der Waals surface area contributed by atoms with Gasteiger partial charge in [0, 0.05) is 96.7 Å². The van der Waals surface area contributed by atoms with Crippen LogP contribution in [0.2, 0.25) is 10.0 Å². The number of hydrogen-bond donors (Lipinski definition) is 1. The molecule has 342 valence electrons. The lowest BCUT2D eigenvalue weighted by molar-refractivity contribution is -0.174. The number of carboxylic acid groups (broad SMARTS) is 1. The minimum Gasteiger partial charge on any atom is -0.481 e. The molecule has 0 unspecified atom stereocenters. The summed E-state index contributed by atoms with van der Waals surface area (Å²) < 4.78 is 0. The van der Waals surface area contributed by atoms with Crippen molar-refractivity contribution in [3.63, 3.8) is 0 Å². The van der Waals surface area contributed by atoms with Crippen LogP contribution in [0.25, 0.3) is 0 Å². The lowest BCUT2D eigenvalue weighted by Crippen LogP contribution is -2.48. The quantitative estimate of drug-likeness (QED) is 0.149. The minimum absolute atomic E-state index is 0.00870. The maximum absolute atomic E-state index is 13.7. The van der Waals surface area contributed by atoms with Gasteiger partial charge >= 0.3 is 5.97 Å². The van der Waals surface area contributed by atoms with Crippen molar-refractivity contribution in [1.29, 1.82) is 0 Å². The Morgan fingerprint density at radius 3 is 1.48 bits per heavy atom. The van der Waals surface area contributed by atoms with E-state index in [0.717, 1.165) is 49.9 Å². The third-order valence-electron chi connectivity index (χ3n) is 13.5. The smallest absolute Gasteiger partial charge is 0.306 e. The summed E-state index contributed by atoms with van der Waals surface area (Å²) in [4.78, 5) is 94.9. The van der Waals surface area contributed by atoms with Gasteiger partial charge in [0.25, 0.3) is 11.8 Å². The van der Waals surface area contributed by atoms with Crippen molar-refractivity contribution >= 4 is 58.5 Å². The van der Waals surface area contributed by atoms with E-state index in [9.17, 15) is 33.9 Å². The van der Waals surface area contributed by atoms with Crippen LogP contribution < -0.4 is 0 Å². The zero-order chi connectivity index (χ0) is 46.2. The number of benzene rings is 2. The van der Waals surface area contributed by atoms with Gasteiger partial charge in [0.15, 0.2) is 11.6 Å². The molecule has 2 aliphatic carbocycles. The minimum atomic E-state index is -0.752. The summed E-state index contributed by atoms with van der Waals surface area (Å²) in [7, 11) is 3.11. The third kappa shape index (κ3) is 11.7. The summed E-state index contributed by atoms with van der Waals surface area (Å²) in [5.41, 5.74) is 3.92. The molecule has 1 N–H and O–H groups in total. The molecule has 2 aromatic carbocycles. The van der Waals surface area contributed by atoms with Crippen molar-refractivity contribution in [2.45, 2.75) is 89.1 Å². The molecule has 4 aliphatic rings. The Morgan fingerprint density at radius 1 is 0.662 bits per heavy atom. The van der Waals surface area contributed by atoms with Crippen LogP contribution in [0.4, 0.5) is 0 Å². The van der Waals surface area contributed by atoms with Crippen molar-refractivity contribution in [2.24, 2.45) is 23.7 Å². The maximum Gasteiger partial charge on any atom is 0.306 e. The second-order valence-corrected chi connectivity index (χ2v) is 18.6. The normalized spacial score (nSPS) is 23.3. The van der Waals surface area contributed by atoms with E-state index in [1.165, 1.54) is 12.2 Å². The Balaban J connectivity index is 0.000000195. The topological polar surface area (TPSA) is 167 Å². The van der Waals surface area contributed by atoms with E-state index in [0.29, 0.717) is 71.1 Å². The molecule has 2 aromatic heterocycles. The van der Waals surface area contributed by atoms with Crippen molar-refractivity contribution in [3.05, 3.63) is 129 Å². The number of Topliss-reactive ketones (excluding diaryl/α,β-unsaturated/α-hetero) is 2. The highest BCUT2D eigenvalue weighted by Gasteiger charge is 2.40. The fourth-order valence-electron chi connectivity index (χ4n) is 9.78. The molecule has 0 saturated heterocycles. The number of pyridine rings is 2. The Bertz CT molecular complexity index is 2370. The number of nitrogens with zero attached hydrogens (tertiary/aromatic N) is 5. The van der Waals surface area contributed by atoms with E-state index < -0.39 is 18.1 Å². The number of rotatable bonds is 11. The summed E-state index contributed by atoms with van der Waals surface area (Å²) >= 11 is 12.3. The van der Waals surface area contributed by atoms with E-state index >= 15 is 0 Å². The molecule has 8 rings (SSSR count). The fourth-order valence-corrected chi connectivity index (χ4v) is 10.2. The van der Waals surface area contributed by atoms with Crippen molar-refractivity contribution < 1.29 is 38.7 Å². The molecule has 2 atom stereocenters. The number of fused-ring (bicyclic) bond motifs is 2. The second kappa shape index (κ2) is 21.7. The van der Waals surface area contributed by atoms with Crippen LogP contribution in [0.15, 0.2) is 85.2 Å². The number of hydrogen-bond acceptors (Lipinski definition) is 9. The van der Waals surface area contributed by atoms with Gasteiger partial charge in [-0.1, -0.05) is 35.3 Å². The molecule has 0 spiro atoms. The van der Waals surface area contributed by atoms with Gasteiger partial charge in [0.2, 0.25) is 5.91 Å². The van der Waals surface area contributed by atoms with E-state index in [-0.39, 0.29) is 65.8 Å². The van der Waals surface area contributed by atoms with Crippen LogP contribution in [-0.4, -0.2) is 105 Å². The first-order chi connectivity index (χ1) is 31.3. The standard InChI is InChI=1S/C26H30ClN3O4.C24H25ClN2O4/c1-29(34-2)25(32)18-8-6-17(7-9-18)16-30-23(15-21-5-3-4-12-28-21)24(31)14-19-13-20(27)10-11-22(19)26(30)33;25-18-8-9-20-17(11-18)12-22(28)21(13-19-3-1-2-10-26-19)27(23(20)29)14-15-4-6-16(7-5-15)24(30)31/h3-5,10-13,17-18,23H,6-9,14-16H2,1-2H3;1-3,8-11,15-16,21H,4-7,12-14H2,(H,30,31)/t17?,18?,23-;15?,16?,21-/m11/s1. The van der Waals surface area contributed by atoms with Gasteiger partial charge in [0.05, 0.1) is 25.1 Å². The molecule has 2 fully saturated rings. The highest BCUT2D eigenvalue weighted by Crippen LogP contribution is 2.35. The van der Waals surface area contributed by atoms with Crippen LogP contribution in [0.1, 0.15) is 94.6 Å². The van der Waals surface area contributed by atoms with Crippen LogP contribution >= 0.6 is 23.2 Å². The molecule has 0 bridgehead atoms. The molecular weight excluding hydrogens is 869 g/mol. The molecule has 13 nitrogen and oxygen atoms in total. The molecule has 0 radical (unpaired) electrons. The van der Waals surface area contributed by atoms with E-state index in [1.54, 1.807) is 65.6 Å². The first-order valence-electron chi connectivity index (χ1n) is 22.4. The average molecular weight is 925 g/mol. The monoisotopic (exact) mass is 923 g/mol. The molecule has 4 aromatic rings. The Morgan fingerprint density at radius 2 is 1.09 bits per heavy atom. The number of aromatic nitrogens is 2. The Kier molecular flexibility index (Phi) is 15.8. The van der Waals surface area contributed by atoms with E-state index in [4.69, 9.17) is 28.0 Å². The molecule has 4 heterocycles. The van der Waals surface area contributed by atoms with Crippen molar-refractivity contribution in [1.82, 2.24) is 24.8 Å². The summed E-state index contributed by atoms with van der Waals surface area (Å²) in [5, 5.41) is 11.6. The lowest BCUT2D eigenvalue weighted by atomic mass is 9.81. The highest BCUT2D eigenvalue weighted by atomic mass is 35.5. The highest BCUT2D eigenvalue weighted by molar-refractivity contribution is 6.31. The summed E-state index contributed by atoms with van der Waals surface area (Å²) in [5.74, 6) is -1.11. The van der Waals surface area contributed by atoms with Crippen molar-refractivity contribution in [3.8, 4) is 0 Å². The number of ketones is 2. The van der Waals surface area contributed by atoms with Gasteiger partial charge in [-0.2, -0.15) is 0 Å². The van der Waals surface area contributed by atoms with Crippen LogP contribution in [0, 0.1) is 23.7 Å². The maximum atomic E-state index is 13.7. The zero-order valence-electron chi connectivity index (χ0n) is 36.7. The van der Waals surface area contributed by atoms with Gasteiger partial charge in [0.1, 0.15) is 0 Å². The fraction of sp³-hybridized carbons (Fsp3) is 0.440. The second-order valence-electron chi connectivity index (χ2n) is 17.7. The third-order valence-corrected chi connectivity index (χ3v) is 14.0. The van der Waals surface area contributed by atoms with E-state index in [1.807, 2.05) is 36.4 Å². The molecular formula is C50H55Cl2N5O8. The average Bonchev–Trinajstić information content (AvgIpc) is 3.46. The number of aliphatic carboxylic acids is 1. The summed E-state index contributed by atoms with van der Waals surface area (Å²) in [6, 6.07) is 20.2.